The van der Waals surface area contributed by atoms with E-state index in [0.29, 0.717) is 12.0 Å². The second-order valence-electron chi connectivity index (χ2n) is 8.97. The predicted octanol–water partition coefficient (Wildman–Crippen LogP) is 4.89. The number of piperidine rings is 1. The van der Waals surface area contributed by atoms with Gasteiger partial charge in [-0.05, 0) is 94.4 Å². The van der Waals surface area contributed by atoms with Gasteiger partial charge in [0.25, 0.3) is 0 Å². The van der Waals surface area contributed by atoms with E-state index in [-0.39, 0.29) is 17.8 Å². The molecule has 1 aliphatic carbocycles. The molecule has 0 bridgehead atoms. The van der Waals surface area contributed by atoms with Crippen molar-refractivity contribution < 1.29 is 24.2 Å². The average Bonchev–Trinajstić information content (AvgIpc) is 2.64. The van der Waals surface area contributed by atoms with Gasteiger partial charge >= 0.3 is 12.1 Å². The van der Waals surface area contributed by atoms with Crippen LogP contribution in [0, 0.1) is 18.3 Å². The van der Waals surface area contributed by atoms with Gasteiger partial charge in [0.1, 0.15) is 5.75 Å². The zero-order chi connectivity index (χ0) is 21.0. The molecule has 1 N–H and O–H groups in total. The second-order valence-corrected chi connectivity index (χ2v) is 8.97. The third-order valence-electron chi connectivity index (χ3n) is 6.30. The lowest BCUT2D eigenvalue weighted by Gasteiger charge is -2.52. The molecule has 0 unspecified atom stereocenters. The molecule has 1 aromatic rings. The number of hydrogen-bond acceptors (Lipinski definition) is 4. The number of aryl methyl sites for hydroxylation is 1. The number of ether oxygens (including phenoxy) is 2. The smallest absolute Gasteiger partial charge is 0.410 e. The van der Waals surface area contributed by atoms with Crippen LogP contribution in [0.5, 0.6) is 5.75 Å². The van der Waals surface area contributed by atoms with Gasteiger partial charge in [-0.25, -0.2) is 9.59 Å². The number of benzene rings is 1. The van der Waals surface area contributed by atoms with Crippen LogP contribution in [0.15, 0.2) is 18.2 Å². The normalized spacial score (nSPS) is 18.6. The van der Waals surface area contributed by atoms with Gasteiger partial charge < -0.3 is 19.5 Å². The number of rotatable bonds is 7. The summed E-state index contributed by atoms with van der Waals surface area (Å²) in [5, 5.41) is 9.02. The van der Waals surface area contributed by atoms with Crippen LogP contribution in [0.4, 0.5) is 4.79 Å². The molecule has 1 spiro atoms. The maximum Gasteiger partial charge on any atom is 0.410 e. The highest BCUT2D eigenvalue weighted by Crippen LogP contribution is 2.54. The lowest BCUT2D eigenvalue weighted by molar-refractivity contribution is -0.0203. The SMILES string of the molecule is Cc1cc(C(=O)O)ccc1OCCCC1CC2(CCN(C(=O)OC(C)C)CC2)C1. The summed E-state index contributed by atoms with van der Waals surface area (Å²) in [6, 6.07) is 4.98. The van der Waals surface area contributed by atoms with Gasteiger partial charge in [0, 0.05) is 13.1 Å². The molecule has 1 aliphatic heterocycles. The summed E-state index contributed by atoms with van der Waals surface area (Å²) in [4.78, 5) is 24.9. The minimum absolute atomic E-state index is 0.0624. The van der Waals surface area contributed by atoms with Gasteiger partial charge in [-0.1, -0.05) is 0 Å². The fourth-order valence-electron chi connectivity index (χ4n) is 4.72. The zero-order valence-electron chi connectivity index (χ0n) is 17.8. The minimum atomic E-state index is -0.916. The van der Waals surface area contributed by atoms with Crippen LogP contribution < -0.4 is 4.74 Å². The number of carbonyl (C=O) groups excluding carboxylic acids is 1. The van der Waals surface area contributed by atoms with Crippen molar-refractivity contribution in [2.75, 3.05) is 19.7 Å². The molecule has 1 amide bonds. The van der Waals surface area contributed by atoms with E-state index < -0.39 is 5.97 Å². The molecule has 2 fully saturated rings. The third kappa shape index (κ3) is 5.43. The Kier molecular flexibility index (Phi) is 6.70. The Morgan fingerprint density at radius 3 is 2.52 bits per heavy atom. The molecule has 1 heterocycles. The second kappa shape index (κ2) is 9.06. The van der Waals surface area contributed by atoms with Gasteiger partial charge in [0.2, 0.25) is 0 Å². The number of hydrogen-bond donors (Lipinski definition) is 1. The third-order valence-corrected chi connectivity index (χ3v) is 6.30. The quantitative estimate of drug-likeness (QED) is 0.656. The first kappa shape index (κ1) is 21.5. The molecular weight excluding hydrogens is 370 g/mol. The fraction of sp³-hybridized carbons (Fsp3) is 0.652. The predicted molar refractivity (Wildman–Crippen MR) is 110 cm³/mol. The molecule has 6 nitrogen and oxygen atoms in total. The molecule has 0 atom stereocenters. The minimum Gasteiger partial charge on any atom is -0.493 e. The van der Waals surface area contributed by atoms with Crippen molar-refractivity contribution in [2.24, 2.45) is 11.3 Å². The van der Waals surface area contributed by atoms with E-state index in [4.69, 9.17) is 14.6 Å². The molecule has 160 valence electrons. The standard InChI is InChI=1S/C23H33NO5/c1-16(2)29-22(27)24-10-8-23(9-11-24)14-18(15-23)5-4-12-28-20-7-6-19(21(25)26)13-17(20)3/h6-7,13,16,18H,4-5,8-12,14-15H2,1-3H3,(H,25,26). The van der Waals surface area contributed by atoms with E-state index in [1.54, 1.807) is 18.2 Å². The number of carboxylic acids is 1. The number of nitrogens with zero attached hydrogens (tertiary/aromatic N) is 1. The lowest BCUT2D eigenvalue weighted by atomic mass is 9.56. The van der Waals surface area contributed by atoms with Crippen molar-refractivity contribution >= 4 is 12.1 Å². The van der Waals surface area contributed by atoms with E-state index >= 15 is 0 Å². The van der Waals surface area contributed by atoms with Gasteiger partial charge in [0.05, 0.1) is 18.3 Å². The molecule has 2 aliphatic rings. The van der Waals surface area contributed by atoms with E-state index in [1.807, 2.05) is 25.7 Å². The Bertz CT molecular complexity index is 729. The van der Waals surface area contributed by atoms with Crippen LogP contribution in [0.3, 0.4) is 0 Å². The van der Waals surface area contributed by atoms with E-state index in [2.05, 4.69) is 0 Å². The molecule has 0 aromatic heterocycles. The van der Waals surface area contributed by atoms with Gasteiger partial charge in [0.15, 0.2) is 0 Å². The molecule has 0 radical (unpaired) electrons. The Hall–Kier alpha value is -2.24. The first-order valence-electron chi connectivity index (χ1n) is 10.7. The molecule has 1 saturated carbocycles. The Morgan fingerprint density at radius 1 is 1.24 bits per heavy atom. The number of carboxylic acid groups (broad SMARTS) is 1. The maximum absolute atomic E-state index is 12.0. The molecule has 3 rings (SSSR count). The summed E-state index contributed by atoms with van der Waals surface area (Å²) in [6.45, 7) is 7.93. The van der Waals surface area contributed by atoms with Crippen LogP contribution in [0.1, 0.15) is 68.3 Å². The van der Waals surface area contributed by atoms with Crippen LogP contribution in [0.2, 0.25) is 0 Å². The topological polar surface area (TPSA) is 76.1 Å². The van der Waals surface area contributed by atoms with E-state index in [0.717, 1.165) is 56.0 Å². The molecule has 6 heteroatoms. The summed E-state index contributed by atoms with van der Waals surface area (Å²) >= 11 is 0. The number of aromatic carboxylic acids is 1. The number of likely N-dealkylation sites (tertiary alicyclic amines) is 1. The first-order valence-corrected chi connectivity index (χ1v) is 10.7. The van der Waals surface area contributed by atoms with Gasteiger partial charge in [-0.2, -0.15) is 0 Å². The van der Waals surface area contributed by atoms with Crippen molar-refractivity contribution in [3.05, 3.63) is 29.3 Å². The average molecular weight is 404 g/mol. The highest BCUT2D eigenvalue weighted by atomic mass is 16.6. The van der Waals surface area contributed by atoms with Crippen molar-refractivity contribution in [2.45, 2.75) is 65.4 Å². The van der Waals surface area contributed by atoms with Crippen molar-refractivity contribution in [1.29, 1.82) is 0 Å². The highest BCUT2D eigenvalue weighted by Gasteiger charge is 2.46. The first-order chi connectivity index (χ1) is 13.8. The molecular formula is C23H33NO5. The van der Waals surface area contributed by atoms with Gasteiger partial charge in [-0.3, -0.25) is 0 Å². The molecule has 29 heavy (non-hydrogen) atoms. The van der Waals surface area contributed by atoms with E-state index in [1.165, 1.54) is 12.8 Å². The summed E-state index contributed by atoms with van der Waals surface area (Å²) in [5.41, 5.74) is 1.58. The number of amides is 1. The Morgan fingerprint density at radius 2 is 1.93 bits per heavy atom. The highest BCUT2D eigenvalue weighted by molar-refractivity contribution is 5.88. The number of carbonyl (C=O) groups is 2. The Labute approximate surface area is 173 Å². The van der Waals surface area contributed by atoms with Gasteiger partial charge in [-0.15, -0.1) is 0 Å². The molecule has 1 saturated heterocycles. The zero-order valence-corrected chi connectivity index (χ0v) is 17.8. The van der Waals surface area contributed by atoms with Crippen LogP contribution >= 0.6 is 0 Å². The van der Waals surface area contributed by atoms with Crippen molar-refractivity contribution in [1.82, 2.24) is 4.90 Å². The van der Waals surface area contributed by atoms with Crippen molar-refractivity contribution in [3.8, 4) is 5.75 Å². The van der Waals surface area contributed by atoms with Crippen LogP contribution in [-0.2, 0) is 4.74 Å². The lowest BCUT2D eigenvalue weighted by Crippen LogP contribution is -2.49. The largest absolute Gasteiger partial charge is 0.493 e. The van der Waals surface area contributed by atoms with Crippen LogP contribution in [0.25, 0.3) is 0 Å². The fourth-order valence-corrected chi connectivity index (χ4v) is 4.72. The van der Waals surface area contributed by atoms with Crippen LogP contribution in [-0.4, -0.2) is 47.9 Å². The van der Waals surface area contributed by atoms with Crippen molar-refractivity contribution in [3.63, 3.8) is 0 Å². The monoisotopic (exact) mass is 403 g/mol. The summed E-state index contributed by atoms with van der Waals surface area (Å²) in [6.07, 6.45) is 6.62. The maximum atomic E-state index is 12.0. The van der Waals surface area contributed by atoms with E-state index in [9.17, 15) is 9.59 Å². The molecule has 1 aromatic carbocycles. The summed E-state index contributed by atoms with van der Waals surface area (Å²) in [7, 11) is 0. The summed E-state index contributed by atoms with van der Waals surface area (Å²) in [5.74, 6) is 0.602. The Balaban J connectivity index is 1.33. The summed E-state index contributed by atoms with van der Waals surface area (Å²) < 4.78 is 11.2.